The molecular weight excluding hydrogens is 326 g/mol. The molecule has 1 aliphatic rings. The average molecular weight is 344 g/mol. The van der Waals surface area contributed by atoms with Crippen LogP contribution in [0.4, 0.5) is 11.4 Å². The largest absolute Gasteiger partial charge is 0.326 e. The van der Waals surface area contributed by atoms with E-state index in [4.69, 9.17) is 11.6 Å². The molecule has 24 heavy (non-hydrogen) atoms. The molecule has 2 aromatic rings. The van der Waals surface area contributed by atoms with Crippen molar-refractivity contribution in [2.24, 2.45) is 0 Å². The molecule has 1 aliphatic carbocycles. The van der Waals surface area contributed by atoms with Crippen LogP contribution >= 0.6 is 11.6 Å². The molecule has 0 spiro atoms. The van der Waals surface area contributed by atoms with E-state index < -0.39 is 0 Å². The zero-order valence-electron chi connectivity index (χ0n) is 13.3. The number of carbonyl (C=O) groups is 2. The van der Waals surface area contributed by atoms with Crippen molar-refractivity contribution in [3.05, 3.63) is 52.8 Å². The second-order valence-corrected chi connectivity index (χ2v) is 6.26. The Kier molecular flexibility index (Phi) is 4.81. The van der Waals surface area contributed by atoms with Crippen LogP contribution in [0.3, 0.4) is 0 Å². The molecule has 0 saturated heterocycles. The Bertz CT molecular complexity index is 792. The molecule has 2 N–H and O–H groups in total. The number of nitrogens with one attached hydrogen (secondary N) is 2. The molecule has 1 atom stereocenters. The van der Waals surface area contributed by atoms with Gasteiger partial charge in [0.25, 0.3) is 0 Å². The van der Waals surface area contributed by atoms with Gasteiger partial charge in [-0.05, 0) is 49.1 Å². The number of amides is 2. The maximum atomic E-state index is 12.7. The summed E-state index contributed by atoms with van der Waals surface area (Å²) in [6.45, 7) is 1.43. The molecule has 5 nitrogen and oxygen atoms in total. The van der Waals surface area contributed by atoms with E-state index in [2.05, 4.69) is 15.6 Å². The molecule has 1 heterocycles. The quantitative estimate of drug-likeness (QED) is 0.891. The summed E-state index contributed by atoms with van der Waals surface area (Å²) in [6.07, 6.45) is 4.42. The number of aryl methyl sites for hydroxylation is 1. The van der Waals surface area contributed by atoms with E-state index in [0.29, 0.717) is 16.4 Å². The van der Waals surface area contributed by atoms with Crippen molar-refractivity contribution in [1.82, 2.24) is 4.98 Å². The number of fused-ring (bicyclic) bond motifs is 1. The van der Waals surface area contributed by atoms with Crippen LogP contribution in [0.15, 0.2) is 36.5 Å². The fraction of sp³-hybridized carbons (Fsp3) is 0.278. The normalized spacial score (nSPS) is 16.2. The standard InChI is InChI=1S/C18H18ClN3O2/c1-11(23)21-13-7-8-16(15(19)10-13)22-18(24)14-6-2-4-12-5-3-9-20-17(12)14/h3,5,7-10,14H,2,4,6H2,1H3,(H,21,23)(H,22,24)/t14-/m0/s1. The van der Waals surface area contributed by atoms with Crippen LogP contribution in [0.1, 0.15) is 36.9 Å². The third-order valence-electron chi connectivity index (χ3n) is 4.06. The van der Waals surface area contributed by atoms with Gasteiger partial charge in [0.1, 0.15) is 0 Å². The number of aromatic nitrogens is 1. The van der Waals surface area contributed by atoms with Gasteiger partial charge in [-0.3, -0.25) is 14.6 Å². The lowest BCUT2D eigenvalue weighted by Crippen LogP contribution is -2.25. The summed E-state index contributed by atoms with van der Waals surface area (Å²) >= 11 is 6.21. The highest BCUT2D eigenvalue weighted by molar-refractivity contribution is 6.34. The van der Waals surface area contributed by atoms with Gasteiger partial charge in [0.2, 0.25) is 11.8 Å². The van der Waals surface area contributed by atoms with Crippen molar-refractivity contribution in [2.75, 3.05) is 10.6 Å². The van der Waals surface area contributed by atoms with E-state index in [-0.39, 0.29) is 17.7 Å². The molecule has 6 heteroatoms. The molecule has 3 rings (SSSR count). The first kappa shape index (κ1) is 16.5. The van der Waals surface area contributed by atoms with E-state index >= 15 is 0 Å². The maximum absolute atomic E-state index is 12.7. The van der Waals surface area contributed by atoms with Gasteiger partial charge in [0.05, 0.1) is 22.3 Å². The lowest BCUT2D eigenvalue weighted by atomic mass is 9.86. The highest BCUT2D eigenvalue weighted by Crippen LogP contribution is 2.32. The van der Waals surface area contributed by atoms with Crippen LogP contribution in [0, 0.1) is 0 Å². The van der Waals surface area contributed by atoms with Crippen LogP contribution in [0.25, 0.3) is 0 Å². The van der Waals surface area contributed by atoms with Crippen LogP contribution in [0.5, 0.6) is 0 Å². The Morgan fingerprint density at radius 2 is 2.08 bits per heavy atom. The summed E-state index contributed by atoms with van der Waals surface area (Å²) in [6, 6.07) is 8.93. The monoisotopic (exact) mass is 343 g/mol. The smallest absolute Gasteiger partial charge is 0.233 e. The number of benzene rings is 1. The Hall–Kier alpha value is -2.40. The van der Waals surface area contributed by atoms with Gasteiger partial charge in [0, 0.05) is 18.8 Å². The first-order valence-electron chi connectivity index (χ1n) is 7.86. The maximum Gasteiger partial charge on any atom is 0.233 e. The summed E-state index contributed by atoms with van der Waals surface area (Å²) in [5, 5.41) is 5.92. The molecule has 0 radical (unpaired) electrons. The molecular formula is C18H18ClN3O2. The SMILES string of the molecule is CC(=O)Nc1ccc(NC(=O)[C@H]2CCCc3cccnc32)c(Cl)c1. The summed E-state index contributed by atoms with van der Waals surface area (Å²) in [7, 11) is 0. The predicted octanol–water partition coefficient (Wildman–Crippen LogP) is 3.75. The zero-order chi connectivity index (χ0) is 17.1. The van der Waals surface area contributed by atoms with E-state index in [1.807, 2.05) is 12.1 Å². The highest BCUT2D eigenvalue weighted by Gasteiger charge is 2.28. The van der Waals surface area contributed by atoms with Crippen molar-refractivity contribution in [3.8, 4) is 0 Å². The summed E-state index contributed by atoms with van der Waals surface area (Å²) in [5.74, 6) is -0.544. The predicted molar refractivity (Wildman–Crippen MR) is 94.3 cm³/mol. The van der Waals surface area contributed by atoms with Crippen molar-refractivity contribution >= 4 is 34.8 Å². The molecule has 1 aromatic carbocycles. The minimum Gasteiger partial charge on any atom is -0.326 e. The number of halogens is 1. The van der Waals surface area contributed by atoms with E-state index in [1.165, 1.54) is 6.92 Å². The van der Waals surface area contributed by atoms with Crippen molar-refractivity contribution in [1.29, 1.82) is 0 Å². The van der Waals surface area contributed by atoms with Crippen LogP contribution < -0.4 is 10.6 Å². The number of hydrogen-bond acceptors (Lipinski definition) is 3. The Morgan fingerprint density at radius 3 is 2.83 bits per heavy atom. The van der Waals surface area contributed by atoms with E-state index in [1.54, 1.807) is 24.4 Å². The molecule has 0 saturated carbocycles. The molecule has 0 fully saturated rings. The van der Waals surface area contributed by atoms with Crippen LogP contribution in [-0.4, -0.2) is 16.8 Å². The lowest BCUT2D eigenvalue weighted by Gasteiger charge is -2.23. The second-order valence-electron chi connectivity index (χ2n) is 5.86. The van der Waals surface area contributed by atoms with Crippen molar-refractivity contribution < 1.29 is 9.59 Å². The van der Waals surface area contributed by atoms with E-state index in [0.717, 1.165) is 30.5 Å². The number of carbonyl (C=O) groups excluding carboxylic acids is 2. The van der Waals surface area contributed by atoms with Gasteiger partial charge in [-0.1, -0.05) is 17.7 Å². The van der Waals surface area contributed by atoms with Crippen molar-refractivity contribution in [3.63, 3.8) is 0 Å². The van der Waals surface area contributed by atoms with Crippen LogP contribution in [-0.2, 0) is 16.0 Å². The third-order valence-corrected chi connectivity index (χ3v) is 4.37. The van der Waals surface area contributed by atoms with Crippen molar-refractivity contribution in [2.45, 2.75) is 32.1 Å². The first-order valence-corrected chi connectivity index (χ1v) is 8.24. The van der Waals surface area contributed by atoms with E-state index in [9.17, 15) is 9.59 Å². The molecule has 2 amide bonds. The summed E-state index contributed by atoms with van der Waals surface area (Å²) < 4.78 is 0. The first-order chi connectivity index (χ1) is 11.5. The Labute approximate surface area is 145 Å². The average Bonchev–Trinajstić information content (AvgIpc) is 2.56. The molecule has 124 valence electrons. The fourth-order valence-electron chi connectivity index (χ4n) is 2.98. The zero-order valence-corrected chi connectivity index (χ0v) is 14.1. The minimum atomic E-state index is -0.263. The number of nitrogens with zero attached hydrogens (tertiary/aromatic N) is 1. The fourth-order valence-corrected chi connectivity index (χ4v) is 3.21. The topological polar surface area (TPSA) is 71.1 Å². The molecule has 0 aliphatic heterocycles. The van der Waals surface area contributed by atoms with Gasteiger partial charge in [-0.15, -0.1) is 0 Å². The summed E-state index contributed by atoms with van der Waals surface area (Å²) in [5.41, 5.74) is 3.11. The van der Waals surface area contributed by atoms with Gasteiger partial charge >= 0.3 is 0 Å². The highest BCUT2D eigenvalue weighted by atomic mass is 35.5. The minimum absolute atomic E-state index is 0.108. The number of hydrogen-bond donors (Lipinski definition) is 2. The molecule has 0 bridgehead atoms. The second kappa shape index (κ2) is 7.01. The third kappa shape index (κ3) is 3.57. The van der Waals surface area contributed by atoms with Crippen LogP contribution in [0.2, 0.25) is 5.02 Å². The Morgan fingerprint density at radius 1 is 1.25 bits per heavy atom. The molecule has 1 aromatic heterocycles. The van der Waals surface area contributed by atoms with Gasteiger partial charge < -0.3 is 10.6 Å². The van der Waals surface area contributed by atoms with Gasteiger partial charge in [0.15, 0.2) is 0 Å². The number of anilines is 2. The van der Waals surface area contributed by atoms with Gasteiger partial charge in [-0.2, -0.15) is 0 Å². The summed E-state index contributed by atoms with van der Waals surface area (Å²) in [4.78, 5) is 28.1. The lowest BCUT2D eigenvalue weighted by molar-refractivity contribution is -0.118. The van der Waals surface area contributed by atoms with Gasteiger partial charge in [-0.25, -0.2) is 0 Å². The number of rotatable bonds is 3. The Balaban J connectivity index is 1.77. The molecule has 0 unspecified atom stereocenters. The number of pyridine rings is 1.